The largest absolute Gasteiger partial charge is 0.458 e. The Morgan fingerprint density at radius 3 is 2.29 bits per heavy atom. The topological polar surface area (TPSA) is 191 Å². The predicted octanol–water partition coefficient (Wildman–Crippen LogP) is 1.14. The molecular weight excluding hydrogens is 640 g/mol. The fraction of sp³-hybridized carbons (Fsp3) is 0.889. The van der Waals surface area contributed by atoms with E-state index in [-0.39, 0.29) is 28.8 Å². The molecule has 4 saturated carbocycles. The molecular formula is C36H54O13. The van der Waals surface area contributed by atoms with Gasteiger partial charge in [0.05, 0.1) is 18.8 Å². The molecule has 4 aliphatic carbocycles. The van der Waals surface area contributed by atoms with Gasteiger partial charge in [-0.1, -0.05) is 13.8 Å². The molecule has 3 aliphatic heterocycles. The zero-order chi connectivity index (χ0) is 35.0. The Hall–Kier alpha value is -1.52. The van der Waals surface area contributed by atoms with Crippen LogP contribution in [0.15, 0.2) is 11.6 Å². The van der Waals surface area contributed by atoms with Crippen molar-refractivity contribution in [1.82, 2.24) is 0 Å². The number of ether oxygens (including phenoxy) is 6. The van der Waals surface area contributed by atoms with Crippen molar-refractivity contribution in [3.63, 3.8) is 0 Å². The molecule has 276 valence electrons. The average molecular weight is 695 g/mol. The first-order valence-corrected chi connectivity index (χ1v) is 18.2. The fourth-order valence-corrected chi connectivity index (χ4v) is 11.4. The number of rotatable bonds is 7. The zero-order valence-electron chi connectivity index (χ0n) is 28.9. The number of aliphatic hydroxyl groups is 5. The Labute approximate surface area is 287 Å². The number of carbonyl (C=O) groups is 2. The van der Waals surface area contributed by atoms with Gasteiger partial charge < -0.3 is 54.0 Å². The molecule has 0 radical (unpaired) electrons. The van der Waals surface area contributed by atoms with Crippen LogP contribution in [0.3, 0.4) is 0 Å². The van der Waals surface area contributed by atoms with E-state index in [4.69, 9.17) is 28.4 Å². The van der Waals surface area contributed by atoms with Crippen LogP contribution in [0.25, 0.3) is 0 Å². The number of fused-ring (bicyclic) bond motifs is 3. The maximum absolute atomic E-state index is 14.5. The van der Waals surface area contributed by atoms with Crippen molar-refractivity contribution in [3.8, 4) is 0 Å². The monoisotopic (exact) mass is 694 g/mol. The van der Waals surface area contributed by atoms with Crippen molar-refractivity contribution >= 4 is 11.8 Å². The van der Waals surface area contributed by atoms with E-state index in [1.807, 2.05) is 0 Å². The fourth-order valence-electron chi connectivity index (χ4n) is 11.4. The van der Waals surface area contributed by atoms with Gasteiger partial charge in [-0.05, 0) is 93.5 Å². The molecule has 0 amide bonds. The highest BCUT2D eigenvalue weighted by Crippen LogP contribution is 2.70. The number of hydrogen-bond acceptors (Lipinski definition) is 13. The summed E-state index contributed by atoms with van der Waals surface area (Å²) < 4.78 is 35.0. The summed E-state index contributed by atoms with van der Waals surface area (Å²) in [5, 5.41) is 51.8. The van der Waals surface area contributed by atoms with Crippen molar-refractivity contribution in [2.75, 3.05) is 20.3 Å². The number of carbonyl (C=O) groups excluding carboxylic acids is 2. The maximum Gasteiger partial charge on any atom is 0.331 e. The van der Waals surface area contributed by atoms with Crippen LogP contribution < -0.4 is 0 Å². The van der Waals surface area contributed by atoms with E-state index in [1.54, 1.807) is 13.0 Å². The second kappa shape index (κ2) is 13.2. The van der Waals surface area contributed by atoms with Gasteiger partial charge in [0.15, 0.2) is 12.6 Å². The highest BCUT2D eigenvalue weighted by atomic mass is 16.7. The van der Waals surface area contributed by atoms with E-state index in [2.05, 4.69) is 13.8 Å². The summed E-state index contributed by atoms with van der Waals surface area (Å²) in [5.41, 5.74) is 0.181. The molecule has 1 spiro atoms. The molecule has 13 nitrogen and oxygen atoms in total. The first kappa shape index (κ1) is 35.9. The van der Waals surface area contributed by atoms with Crippen molar-refractivity contribution in [2.24, 2.45) is 34.0 Å². The molecule has 0 aromatic carbocycles. The SMILES string of the molecule is CO[C@H]1[C@H](O)[C@H](O[C@H]2CC[C@@]3(C)[C@H](CC[C@]45CC[C@H](C6=CC(=O)OC6)[C@@](C)(CC[C@@H]43)C5=O)C2)O[C@@H](C)[C@@H]1O[C@H]1O[C@H](CO)[C@@H](O)[C@H](O)[C@H]1O. The van der Waals surface area contributed by atoms with Crippen LogP contribution in [0.1, 0.15) is 78.6 Å². The molecule has 0 unspecified atom stereocenters. The van der Waals surface area contributed by atoms with Gasteiger partial charge in [0, 0.05) is 24.0 Å². The van der Waals surface area contributed by atoms with E-state index in [0.717, 1.165) is 63.4 Å². The molecule has 6 fully saturated rings. The first-order valence-electron chi connectivity index (χ1n) is 18.2. The molecule has 13 heteroatoms. The standard InChI is InChI=1S/C36H54O13/c1-17-29(49-31-27(41)26(40)25(39)22(15-37)48-31)30(44-4)28(42)32(46-17)47-20-6-9-34(2)19(14-20)5-11-36-12-7-21(18-13-24(38)45-16-18)35(3,33(36)43)10-8-23(34)36/h13,17,19-23,25-32,37,39-42H,5-12,14-16H2,1-4H3/t17-,19+,20-,21+,22+,23+,25+,26-,27+,28-,29-,30-,31+,32-,34-,35+,36-/m0/s1. The van der Waals surface area contributed by atoms with Crippen LogP contribution in [-0.4, -0.2) is 125 Å². The summed E-state index contributed by atoms with van der Waals surface area (Å²) in [6.07, 6.45) is -2.72. The van der Waals surface area contributed by atoms with Gasteiger partial charge in [-0.25, -0.2) is 4.79 Å². The molecule has 2 bridgehead atoms. The zero-order valence-corrected chi connectivity index (χ0v) is 28.9. The number of hydrogen-bond donors (Lipinski definition) is 5. The van der Waals surface area contributed by atoms with Gasteiger partial charge >= 0.3 is 5.97 Å². The third-order valence-electron chi connectivity index (χ3n) is 14.1. The summed E-state index contributed by atoms with van der Waals surface area (Å²) in [5.74, 6) is 0.816. The predicted molar refractivity (Wildman–Crippen MR) is 169 cm³/mol. The first-order chi connectivity index (χ1) is 23.3. The van der Waals surface area contributed by atoms with Gasteiger partial charge in [-0.2, -0.15) is 0 Å². The Bertz CT molecular complexity index is 1310. The Morgan fingerprint density at radius 2 is 1.59 bits per heavy atom. The lowest BCUT2D eigenvalue weighted by Gasteiger charge is -2.66. The quantitative estimate of drug-likeness (QED) is 0.189. The van der Waals surface area contributed by atoms with E-state index in [1.165, 1.54) is 7.11 Å². The molecule has 2 saturated heterocycles. The highest BCUT2D eigenvalue weighted by Gasteiger charge is 2.68. The minimum atomic E-state index is -1.60. The van der Waals surface area contributed by atoms with Crippen LogP contribution in [0.5, 0.6) is 0 Å². The lowest BCUT2D eigenvalue weighted by molar-refractivity contribution is -0.362. The second-order valence-corrected chi connectivity index (χ2v) is 16.4. The summed E-state index contributed by atoms with van der Waals surface area (Å²) in [7, 11) is 1.43. The smallest absolute Gasteiger partial charge is 0.331 e. The van der Waals surface area contributed by atoms with Crippen molar-refractivity contribution < 1.29 is 63.5 Å². The number of aliphatic hydroxyl groups excluding tert-OH is 5. The third kappa shape index (κ3) is 5.66. The van der Waals surface area contributed by atoms with Gasteiger partial charge in [0.2, 0.25) is 0 Å². The summed E-state index contributed by atoms with van der Waals surface area (Å²) in [6, 6.07) is 0. The van der Waals surface area contributed by atoms with Gasteiger partial charge in [0.25, 0.3) is 0 Å². The van der Waals surface area contributed by atoms with Crippen LogP contribution in [0.2, 0.25) is 0 Å². The summed E-state index contributed by atoms with van der Waals surface area (Å²) in [4.78, 5) is 26.4. The molecule has 49 heavy (non-hydrogen) atoms. The molecule has 5 N–H and O–H groups in total. The van der Waals surface area contributed by atoms with Gasteiger partial charge in [-0.15, -0.1) is 0 Å². The third-order valence-corrected chi connectivity index (χ3v) is 14.1. The minimum absolute atomic E-state index is 0.00757. The Balaban J connectivity index is 0.999. The van der Waals surface area contributed by atoms with E-state index in [9.17, 15) is 35.1 Å². The van der Waals surface area contributed by atoms with Crippen LogP contribution in [0, 0.1) is 34.0 Å². The molecule has 17 atom stereocenters. The average Bonchev–Trinajstić information content (AvgIpc) is 3.50. The van der Waals surface area contributed by atoms with Gasteiger partial charge in [-0.3, -0.25) is 4.79 Å². The second-order valence-electron chi connectivity index (χ2n) is 16.4. The van der Waals surface area contributed by atoms with Crippen molar-refractivity contribution in [2.45, 2.75) is 146 Å². The summed E-state index contributed by atoms with van der Waals surface area (Å²) >= 11 is 0. The van der Waals surface area contributed by atoms with E-state index < -0.39 is 73.4 Å². The Kier molecular flexibility index (Phi) is 9.63. The highest BCUT2D eigenvalue weighted by molar-refractivity contribution is 5.93. The minimum Gasteiger partial charge on any atom is -0.458 e. The lowest BCUT2D eigenvalue weighted by Crippen LogP contribution is -2.65. The van der Waals surface area contributed by atoms with Crippen LogP contribution in [-0.2, 0) is 38.0 Å². The normalized spacial score (nSPS) is 53.0. The maximum atomic E-state index is 14.5. The number of Topliss-reactive ketones (excluding diaryl/α,β-unsaturated/α-hetero) is 1. The van der Waals surface area contributed by atoms with E-state index in [0.29, 0.717) is 24.2 Å². The number of cyclic esters (lactones) is 1. The Morgan fingerprint density at radius 1 is 0.857 bits per heavy atom. The van der Waals surface area contributed by atoms with Crippen molar-refractivity contribution in [3.05, 3.63) is 11.6 Å². The van der Waals surface area contributed by atoms with Crippen LogP contribution >= 0.6 is 0 Å². The molecule has 7 rings (SSSR count). The molecule has 0 aromatic rings. The lowest BCUT2D eigenvalue weighted by atomic mass is 9.37. The molecule has 3 heterocycles. The number of ketones is 1. The van der Waals surface area contributed by atoms with Gasteiger partial charge in [0.1, 0.15) is 55.1 Å². The number of methoxy groups -OCH3 is 1. The number of esters is 1. The molecule has 0 aromatic heterocycles. The van der Waals surface area contributed by atoms with E-state index >= 15 is 0 Å². The molecule has 7 aliphatic rings. The summed E-state index contributed by atoms with van der Waals surface area (Å²) in [6.45, 7) is 5.95. The van der Waals surface area contributed by atoms with Crippen molar-refractivity contribution in [1.29, 1.82) is 0 Å². The van der Waals surface area contributed by atoms with Crippen LogP contribution in [0.4, 0.5) is 0 Å².